The van der Waals surface area contributed by atoms with Crippen LogP contribution in [0, 0.1) is 0 Å². The van der Waals surface area contributed by atoms with Gasteiger partial charge in [0.1, 0.15) is 0 Å². The third kappa shape index (κ3) is 2.35. The molecule has 2 bridgehead atoms. The Hall–Kier alpha value is -1.13. The SMILES string of the molecule is CC[C@H](O)c1ccc(N2C3CCC2CC(O)C3)cn1. The van der Waals surface area contributed by atoms with E-state index in [1.165, 1.54) is 12.8 Å². The lowest BCUT2D eigenvalue weighted by Gasteiger charge is -2.38. The number of aliphatic hydroxyl groups is 2. The van der Waals surface area contributed by atoms with E-state index in [0.29, 0.717) is 18.5 Å². The molecule has 104 valence electrons. The zero-order valence-corrected chi connectivity index (χ0v) is 11.4. The van der Waals surface area contributed by atoms with Gasteiger partial charge in [0.15, 0.2) is 0 Å². The zero-order valence-electron chi connectivity index (χ0n) is 11.4. The molecule has 2 aliphatic heterocycles. The first-order valence-corrected chi connectivity index (χ1v) is 7.29. The van der Waals surface area contributed by atoms with E-state index in [-0.39, 0.29) is 6.10 Å². The van der Waals surface area contributed by atoms with Gasteiger partial charge in [-0.15, -0.1) is 0 Å². The maximum Gasteiger partial charge on any atom is 0.0957 e. The Morgan fingerprint density at radius 2 is 2.00 bits per heavy atom. The summed E-state index contributed by atoms with van der Waals surface area (Å²) < 4.78 is 0. The maximum atomic E-state index is 9.83. The van der Waals surface area contributed by atoms with Crippen LogP contribution in [0.4, 0.5) is 5.69 Å². The number of aromatic nitrogens is 1. The standard InChI is InChI=1S/C15H22N2O2/c1-2-15(19)14-6-5-12(9-16-14)17-10-3-4-11(17)8-13(18)7-10/h5-6,9-11,13,15,18-19H,2-4,7-8H2,1H3/t10?,11?,13?,15-/m0/s1. The number of hydrogen-bond acceptors (Lipinski definition) is 4. The molecule has 2 unspecified atom stereocenters. The Morgan fingerprint density at radius 1 is 1.32 bits per heavy atom. The molecule has 3 heterocycles. The van der Waals surface area contributed by atoms with Gasteiger partial charge < -0.3 is 15.1 Å². The number of piperidine rings is 1. The topological polar surface area (TPSA) is 56.6 Å². The van der Waals surface area contributed by atoms with Gasteiger partial charge in [0.2, 0.25) is 0 Å². The van der Waals surface area contributed by atoms with Gasteiger partial charge in [0.25, 0.3) is 0 Å². The van der Waals surface area contributed by atoms with Crippen molar-refractivity contribution in [3.8, 4) is 0 Å². The first-order chi connectivity index (χ1) is 9.19. The van der Waals surface area contributed by atoms with Gasteiger partial charge in [0, 0.05) is 12.1 Å². The van der Waals surface area contributed by atoms with E-state index in [1.807, 2.05) is 19.2 Å². The van der Waals surface area contributed by atoms with E-state index in [0.717, 1.165) is 24.2 Å². The molecule has 4 nitrogen and oxygen atoms in total. The van der Waals surface area contributed by atoms with Crippen LogP contribution in [0.25, 0.3) is 0 Å². The van der Waals surface area contributed by atoms with Crippen LogP contribution < -0.4 is 4.90 Å². The summed E-state index contributed by atoms with van der Waals surface area (Å²) in [6, 6.07) is 4.90. The van der Waals surface area contributed by atoms with Crippen molar-refractivity contribution in [2.24, 2.45) is 0 Å². The van der Waals surface area contributed by atoms with Crippen LogP contribution in [0.3, 0.4) is 0 Å². The van der Waals surface area contributed by atoms with Gasteiger partial charge in [-0.05, 0) is 44.2 Å². The maximum absolute atomic E-state index is 9.83. The molecule has 19 heavy (non-hydrogen) atoms. The summed E-state index contributed by atoms with van der Waals surface area (Å²) in [6.07, 6.45) is 6.04. The first-order valence-electron chi connectivity index (χ1n) is 7.29. The highest BCUT2D eigenvalue weighted by Gasteiger charge is 2.40. The third-order valence-electron chi connectivity index (χ3n) is 4.51. The van der Waals surface area contributed by atoms with Crippen molar-refractivity contribution in [2.45, 2.75) is 63.3 Å². The fourth-order valence-electron chi connectivity index (χ4n) is 3.53. The van der Waals surface area contributed by atoms with Gasteiger partial charge in [0.05, 0.1) is 29.8 Å². The monoisotopic (exact) mass is 262 g/mol. The quantitative estimate of drug-likeness (QED) is 0.875. The van der Waals surface area contributed by atoms with Crippen molar-refractivity contribution in [2.75, 3.05) is 4.90 Å². The van der Waals surface area contributed by atoms with Crippen LogP contribution in [0.15, 0.2) is 18.3 Å². The third-order valence-corrected chi connectivity index (χ3v) is 4.51. The lowest BCUT2D eigenvalue weighted by Crippen LogP contribution is -2.44. The Morgan fingerprint density at radius 3 is 2.53 bits per heavy atom. The summed E-state index contributed by atoms with van der Waals surface area (Å²) in [6.45, 7) is 1.95. The molecule has 1 aromatic rings. The minimum Gasteiger partial charge on any atom is -0.393 e. The van der Waals surface area contributed by atoms with E-state index in [2.05, 4.69) is 16.0 Å². The van der Waals surface area contributed by atoms with Crippen molar-refractivity contribution in [3.05, 3.63) is 24.0 Å². The number of hydrogen-bond donors (Lipinski definition) is 2. The minimum atomic E-state index is -0.464. The number of aliphatic hydroxyl groups excluding tert-OH is 2. The summed E-state index contributed by atoms with van der Waals surface area (Å²) >= 11 is 0. The van der Waals surface area contributed by atoms with Gasteiger partial charge >= 0.3 is 0 Å². The number of pyridine rings is 1. The molecule has 4 heteroatoms. The lowest BCUT2D eigenvalue weighted by molar-refractivity contribution is 0.126. The minimum absolute atomic E-state index is 0.136. The average molecular weight is 262 g/mol. The molecule has 0 aromatic carbocycles. The molecule has 0 aliphatic carbocycles. The second-order valence-electron chi connectivity index (χ2n) is 5.78. The Kier molecular flexibility index (Phi) is 3.46. The molecule has 2 saturated heterocycles. The first kappa shape index (κ1) is 12.9. The predicted molar refractivity (Wildman–Crippen MR) is 74.0 cm³/mol. The number of rotatable bonds is 3. The van der Waals surface area contributed by atoms with Crippen molar-refractivity contribution < 1.29 is 10.2 Å². The molecule has 2 aliphatic rings. The fraction of sp³-hybridized carbons (Fsp3) is 0.667. The van der Waals surface area contributed by atoms with Gasteiger partial charge in [-0.3, -0.25) is 4.98 Å². The molecule has 0 saturated carbocycles. The summed E-state index contributed by atoms with van der Waals surface area (Å²) in [7, 11) is 0. The molecule has 0 radical (unpaired) electrons. The summed E-state index contributed by atoms with van der Waals surface area (Å²) in [5.74, 6) is 0. The predicted octanol–water partition coefficient (Wildman–Crippen LogP) is 2.02. The van der Waals surface area contributed by atoms with Crippen LogP contribution in [0.5, 0.6) is 0 Å². The number of fused-ring (bicyclic) bond motifs is 2. The van der Waals surface area contributed by atoms with E-state index < -0.39 is 6.10 Å². The highest BCUT2D eigenvalue weighted by molar-refractivity contribution is 5.49. The number of nitrogens with zero attached hydrogens (tertiary/aromatic N) is 2. The van der Waals surface area contributed by atoms with Gasteiger partial charge in [-0.2, -0.15) is 0 Å². The zero-order chi connectivity index (χ0) is 13.4. The van der Waals surface area contributed by atoms with E-state index >= 15 is 0 Å². The van der Waals surface area contributed by atoms with Crippen molar-refractivity contribution in [3.63, 3.8) is 0 Å². The van der Waals surface area contributed by atoms with Crippen LogP contribution in [0.1, 0.15) is 50.8 Å². The van der Waals surface area contributed by atoms with Crippen molar-refractivity contribution in [1.82, 2.24) is 4.98 Å². The highest BCUT2D eigenvalue weighted by Crippen LogP contribution is 2.39. The molecule has 3 rings (SSSR count). The van der Waals surface area contributed by atoms with Crippen LogP contribution in [0.2, 0.25) is 0 Å². The number of anilines is 1. The second-order valence-corrected chi connectivity index (χ2v) is 5.78. The van der Waals surface area contributed by atoms with E-state index in [4.69, 9.17) is 0 Å². The van der Waals surface area contributed by atoms with Crippen LogP contribution >= 0.6 is 0 Å². The Balaban J connectivity index is 1.80. The van der Waals surface area contributed by atoms with Crippen molar-refractivity contribution in [1.29, 1.82) is 0 Å². The van der Waals surface area contributed by atoms with Gasteiger partial charge in [-0.1, -0.05) is 6.92 Å². The average Bonchev–Trinajstić information content (AvgIpc) is 2.70. The lowest BCUT2D eigenvalue weighted by atomic mass is 9.99. The van der Waals surface area contributed by atoms with Gasteiger partial charge in [-0.25, -0.2) is 0 Å². The molecule has 2 N–H and O–H groups in total. The second kappa shape index (κ2) is 5.10. The smallest absolute Gasteiger partial charge is 0.0957 e. The summed E-state index contributed by atoms with van der Waals surface area (Å²) in [5.41, 5.74) is 1.88. The normalized spacial score (nSPS) is 31.5. The largest absolute Gasteiger partial charge is 0.393 e. The molecule has 0 amide bonds. The molecule has 0 spiro atoms. The Labute approximate surface area is 114 Å². The Bertz CT molecular complexity index is 420. The fourth-order valence-corrected chi connectivity index (χ4v) is 3.53. The highest BCUT2D eigenvalue weighted by atomic mass is 16.3. The summed E-state index contributed by atoms with van der Waals surface area (Å²) in [4.78, 5) is 6.80. The molecule has 2 fully saturated rings. The van der Waals surface area contributed by atoms with E-state index in [9.17, 15) is 10.2 Å². The molecule has 3 atom stereocenters. The summed E-state index contributed by atoms with van der Waals surface area (Å²) in [5, 5.41) is 19.6. The molecule has 1 aromatic heterocycles. The van der Waals surface area contributed by atoms with Crippen molar-refractivity contribution >= 4 is 5.69 Å². The molecular weight excluding hydrogens is 240 g/mol. The molecular formula is C15H22N2O2. The van der Waals surface area contributed by atoms with E-state index in [1.54, 1.807) is 0 Å². The van der Waals surface area contributed by atoms with Crippen LogP contribution in [-0.2, 0) is 0 Å². The van der Waals surface area contributed by atoms with Crippen LogP contribution in [-0.4, -0.2) is 33.4 Å².